The lowest BCUT2D eigenvalue weighted by Gasteiger charge is -2.17. The van der Waals surface area contributed by atoms with Gasteiger partial charge in [-0.2, -0.15) is 0 Å². The largest absolute Gasteiger partial charge is 0.353 e. The van der Waals surface area contributed by atoms with E-state index in [0.717, 1.165) is 39.3 Å². The van der Waals surface area contributed by atoms with Crippen LogP contribution in [0, 0.1) is 0 Å². The first-order chi connectivity index (χ1) is 10.3. The lowest BCUT2D eigenvalue weighted by Crippen LogP contribution is -2.17. The Labute approximate surface area is 131 Å². The van der Waals surface area contributed by atoms with Crippen molar-refractivity contribution in [3.63, 3.8) is 0 Å². The van der Waals surface area contributed by atoms with Crippen LogP contribution in [0.3, 0.4) is 0 Å². The Balaban J connectivity index is 3.48. The fourth-order valence-electron chi connectivity index (χ4n) is 2.33. The highest BCUT2D eigenvalue weighted by Crippen LogP contribution is 2.13. The highest BCUT2D eigenvalue weighted by molar-refractivity contribution is 4.51. The molecule has 0 aliphatic carbocycles. The molecule has 0 aromatic rings. The number of hydrogen-bond donors (Lipinski definition) is 0. The molecule has 0 saturated carbocycles. The van der Waals surface area contributed by atoms with Gasteiger partial charge in [0, 0.05) is 26.4 Å². The van der Waals surface area contributed by atoms with Crippen molar-refractivity contribution >= 4 is 0 Å². The van der Waals surface area contributed by atoms with Crippen molar-refractivity contribution in [1.82, 2.24) is 0 Å². The third-order valence-corrected chi connectivity index (χ3v) is 3.29. The van der Waals surface area contributed by atoms with Crippen molar-refractivity contribution in [3.8, 4) is 0 Å². The molecule has 0 bridgehead atoms. The summed E-state index contributed by atoms with van der Waals surface area (Å²) in [5, 5.41) is 0. The summed E-state index contributed by atoms with van der Waals surface area (Å²) in [4.78, 5) is 0. The number of ether oxygens (including phenoxy) is 4. The third kappa shape index (κ3) is 13.2. The molecule has 4 nitrogen and oxygen atoms in total. The van der Waals surface area contributed by atoms with E-state index < -0.39 is 0 Å². The van der Waals surface area contributed by atoms with E-state index in [1.165, 1.54) is 32.1 Å². The zero-order valence-electron chi connectivity index (χ0n) is 14.6. The first-order valence-electron chi connectivity index (χ1n) is 8.74. The van der Waals surface area contributed by atoms with Crippen LogP contribution in [0.1, 0.15) is 72.6 Å². The molecular weight excluding hydrogens is 268 g/mol. The van der Waals surface area contributed by atoms with Gasteiger partial charge in [0.05, 0.1) is 0 Å². The van der Waals surface area contributed by atoms with E-state index in [2.05, 4.69) is 0 Å². The van der Waals surface area contributed by atoms with E-state index >= 15 is 0 Å². The quantitative estimate of drug-likeness (QED) is 0.310. The highest BCUT2D eigenvalue weighted by atomic mass is 16.7. The Morgan fingerprint density at radius 3 is 1.05 bits per heavy atom. The first-order valence-corrected chi connectivity index (χ1v) is 8.74. The molecule has 0 heterocycles. The Kier molecular flexibility index (Phi) is 16.1. The zero-order chi connectivity index (χ0) is 15.8. The van der Waals surface area contributed by atoms with Gasteiger partial charge in [-0.25, -0.2) is 0 Å². The fourth-order valence-corrected chi connectivity index (χ4v) is 2.33. The zero-order valence-corrected chi connectivity index (χ0v) is 14.6. The van der Waals surface area contributed by atoms with Crippen LogP contribution in [-0.2, 0) is 18.9 Å². The highest BCUT2D eigenvalue weighted by Gasteiger charge is 2.08. The molecule has 0 aliphatic heterocycles. The van der Waals surface area contributed by atoms with Gasteiger partial charge in [0.25, 0.3) is 0 Å². The smallest absolute Gasteiger partial charge is 0.157 e. The van der Waals surface area contributed by atoms with Crippen molar-refractivity contribution in [3.05, 3.63) is 0 Å². The topological polar surface area (TPSA) is 36.9 Å². The van der Waals surface area contributed by atoms with Crippen LogP contribution < -0.4 is 0 Å². The van der Waals surface area contributed by atoms with Crippen molar-refractivity contribution in [1.29, 1.82) is 0 Å². The molecule has 0 fully saturated rings. The van der Waals surface area contributed by atoms with Gasteiger partial charge < -0.3 is 18.9 Å². The summed E-state index contributed by atoms with van der Waals surface area (Å²) in [6.07, 6.45) is 8.06. The van der Waals surface area contributed by atoms with E-state index in [4.69, 9.17) is 18.9 Å². The van der Waals surface area contributed by atoms with Crippen LogP contribution in [0.15, 0.2) is 0 Å². The lowest BCUT2D eigenvalue weighted by atomic mass is 10.1. The third-order valence-electron chi connectivity index (χ3n) is 3.29. The molecule has 0 spiro atoms. The summed E-state index contributed by atoms with van der Waals surface area (Å²) in [5.41, 5.74) is 0. The van der Waals surface area contributed by atoms with Gasteiger partial charge in [-0.15, -0.1) is 0 Å². The van der Waals surface area contributed by atoms with Crippen LogP contribution in [0.5, 0.6) is 0 Å². The second kappa shape index (κ2) is 16.2. The molecule has 4 heteroatoms. The maximum Gasteiger partial charge on any atom is 0.157 e. The number of unbranched alkanes of at least 4 members (excludes halogenated alkanes) is 4. The monoisotopic (exact) mass is 304 g/mol. The SMILES string of the molecule is CCOC(CCCCCCCC(OCC)OCC)OCC. The normalized spacial score (nSPS) is 11.7. The standard InChI is InChI=1S/C17H36O4/c1-5-18-16(19-6-2)14-12-10-9-11-13-15-17(20-7-3)21-8-4/h16-17H,5-15H2,1-4H3. The van der Waals surface area contributed by atoms with Gasteiger partial charge in [-0.05, 0) is 53.4 Å². The van der Waals surface area contributed by atoms with Gasteiger partial charge in [0.1, 0.15) is 0 Å². The van der Waals surface area contributed by atoms with Gasteiger partial charge in [0.2, 0.25) is 0 Å². The van der Waals surface area contributed by atoms with E-state index in [1.54, 1.807) is 0 Å². The molecule has 0 unspecified atom stereocenters. The van der Waals surface area contributed by atoms with Gasteiger partial charge in [-0.1, -0.05) is 19.3 Å². The minimum Gasteiger partial charge on any atom is -0.353 e. The van der Waals surface area contributed by atoms with Crippen LogP contribution in [-0.4, -0.2) is 39.0 Å². The van der Waals surface area contributed by atoms with Crippen molar-refractivity contribution in [2.24, 2.45) is 0 Å². The maximum absolute atomic E-state index is 5.54. The molecule has 0 radical (unpaired) electrons. The van der Waals surface area contributed by atoms with Crippen LogP contribution in [0.25, 0.3) is 0 Å². The summed E-state index contributed by atoms with van der Waals surface area (Å²) in [6, 6.07) is 0. The molecule has 0 aromatic carbocycles. The molecule has 0 amide bonds. The summed E-state index contributed by atoms with van der Waals surface area (Å²) >= 11 is 0. The minimum absolute atomic E-state index is 0.0136. The van der Waals surface area contributed by atoms with Crippen LogP contribution in [0.2, 0.25) is 0 Å². The van der Waals surface area contributed by atoms with Crippen molar-refractivity contribution in [2.45, 2.75) is 85.2 Å². The van der Waals surface area contributed by atoms with Crippen LogP contribution >= 0.6 is 0 Å². The molecule has 0 atom stereocenters. The molecule has 128 valence electrons. The molecule has 21 heavy (non-hydrogen) atoms. The predicted molar refractivity (Wildman–Crippen MR) is 86.4 cm³/mol. The summed E-state index contributed by atoms with van der Waals surface area (Å²) in [6.45, 7) is 10.9. The predicted octanol–water partition coefficient (Wildman–Crippen LogP) is 4.52. The Bertz CT molecular complexity index is 167. The van der Waals surface area contributed by atoms with E-state index in [0.29, 0.717) is 0 Å². The Morgan fingerprint density at radius 2 is 0.762 bits per heavy atom. The second-order valence-corrected chi connectivity index (χ2v) is 5.03. The Hall–Kier alpha value is -0.160. The summed E-state index contributed by atoms with van der Waals surface area (Å²) in [5.74, 6) is 0. The van der Waals surface area contributed by atoms with Gasteiger partial charge in [0.15, 0.2) is 12.6 Å². The average molecular weight is 304 g/mol. The Morgan fingerprint density at radius 1 is 0.476 bits per heavy atom. The van der Waals surface area contributed by atoms with E-state index in [1.807, 2.05) is 27.7 Å². The van der Waals surface area contributed by atoms with E-state index in [-0.39, 0.29) is 12.6 Å². The number of hydrogen-bond acceptors (Lipinski definition) is 4. The minimum atomic E-state index is -0.0136. The van der Waals surface area contributed by atoms with E-state index in [9.17, 15) is 0 Å². The van der Waals surface area contributed by atoms with Gasteiger partial charge >= 0.3 is 0 Å². The first kappa shape index (κ1) is 20.8. The maximum atomic E-state index is 5.54. The lowest BCUT2D eigenvalue weighted by molar-refractivity contribution is -0.140. The molecule has 0 N–H and O–H groups in total. The molecule has 0 saturated heterocycles. The molecule has 0 aliphatic rings. The molecule has 0 rings (SSSR count). The van der Waals surface area contributed by atoms with Crippen molar-refractivity contribution < 1.29 is 18.9 Å². The average Bonchev–Trinajstić information content (AvgIpc) is 2.47. The molecule has 0 aromatic heterocycles. The molecular formula is C17H36O4. The second-order valence-electron chi connectivity index (χ2n) is 5.03. The summed E-state index contributed by atoms with van der Waals surface area (Å²) in [7, 11) is 0. The summed E-state index contributed by atoms with van der Waals surface area (Å²) < 4.78 is 22.2. The van der Waals surface area contributed by atoms with Crippen LogP contribution in [0.4, 0.5) is 0 Å². The fraction of sp³-hybridized carbons (Fsp3) is 1.00. The van der Waals surface area contributed by atoms with Gasteiger partial charge in [-0.3, -0.25) is 0 Å². The van der Waals surface area contributed by atoms with Crippen molar-refractivity contribution in [2.75, 3.05) is 26.4 Å². The number of rotatable bonds is 16.